The topological polar surface area (TPSA) is 11.4 Å². The van der Waals surface area contributed by atoms with Gasteiger partial charge in [0.2, 0.25) is 0 Å². The van der Waals surface area contributed by atoms with Crippen LogP contribution in [0.25, 0.3) is 27.7 Å². The van der Waals surface area contributed by atoms with Crippen molar-refractivity contribution in [3.05, 3.63) is 90.5 Å². The Morgan fingerprint density at radius 1 is 0.775 bits per heavy atom. The predicted molar refractivity (Wildman–Crippen MR) is 170 cm³/mol. The molecule has 4 aromatic carbocycles. The monoisotopic (exact) mass is 519 g/mol. The van der Waals surface area contributed by atoms with E-state index < -0.39 is 0 Å². The summed E-state index contributed by atoms with van der Waals surface area (Å²) in [7, 11) is 4.31. The molecule has 0 bridgehead atoms. The number of fused-ring (bicyclic) bond motifs is 11. The van der Waals surface area contributed by atoms with Crippen LogP contribution in [0.4, 0.5) is 17.2 Å². The number of benzene rings is 4. The molecule has 3 aliphatic heterocycles. The molecule has 2 unspecified atom stereocenters. The van der Waals surface area contributed by atoms with Gasteiger partial charge in [-0.2, -0.15) is 0 Å². The Hall–Kier alpha value is -3.92. The first-order chi connectivity index (χ1) is 19.4. The van der Waals surface area contributed by atoms with Crippen LogP contribution in [0.2, 0.25) is 0 Å². The van der Waals surface area contributed by atoms with Crippen LogP contribution >= 0.6 is 0 Å². The maximum absolute atomic E-state index is 2.85. The van der Waals surface area contributed by atoms with Crippen LogP contribution in [0.15, 0.2) is 84.9 Å². The molecule has 2 atom stereocenters. The first-order valence-electron chi connectivity index (χ1n) is 14.9. The van der Waals surface area contributed by atoms with Crippen molar-refractivity contribution in [2.75, 3.05) is 23.9 Å². The molecule has 1 aliphatic carbocycles. The summed E-state index contributed by atoms with van der Waals surface area (Å²) in [6.07, 6.45) is 5.05. The van der Waals surface area contributed by atoms with Crippen molar-refractivity contribution in [2.45, 2.75) is 50.5 Å². The number of nitrogens with zero attached hydrogens (tertiary/aromatic N) is 3. The summed E-state index contributed by atoms with van der Waals surface area (Å²) in [6.45, 7) is 5.37. The fourth-order valence-corrected chi connectivity index (χ4v) is 9.05. The molecule has 1 fully saturated rings. The summed E-state index contributed by atoms with van der Waals surface area (Å²) < 4.78 is 2.59. The fraction of sp³-hybridized carbons (Fsp3) is 0.278. The summed E-state index contributed by atoms with van der Waals surface area (Å²) >= 11 is 0. The molecule has 4 aliphatic rings. The predicted octanol–water partition coefficient (Wildman–Crippen LogP) is 6.25. The van der Waals surface area contributed by atoms with Gasteiger partial charge in [0.25, 0.3) is 6.71 Å². The second-order valence-electron chi connectivity index (χ2n) is 13.1. The second-order valence-corrected chi connectivity index (χ2v) is 13.1. The largest absolute Gasteiger partial charge is 0.378 e. The van der Waals surface area contributed by atoms with Gasteiger partial charge in [0, 0.05) is 36.6 Å². The van der Waals surface area contributed by atoms with Crippen LogP contribution < -0.4 is 26.2 Å². The quantitative estimate of drug-likeness (QED) is 0.251. The first-order valence-corrected chi connectivity index (χ1v) is 14.9. The molecule has 9 rings (SSSR count). The number of para-hydroxylation sites is 2. The molecule has 40 heavy (non-hydrogen) atoms. The molecular formula is C36H34BN3. The van der Waals surface area contributed by atoms with Gasteiger partial charge < -0.3 is 9.80 Å². The molecule has 0 N–H and O–H groups in total. The lowest BCUT2D eigenvalue weighted by Crippen LogP contribution is -2.61. The van der Waals surface area contributed by atoms with E-state index in [1.165, 1.54) is 81.5 Å². The van der Waals surface area contributed by atoms with Crippen LogP contribution in [-0.2, 0) is 5.41 Å². The summed E-state index contributed by atoms with van der Waals surface area (Å²) in [5.41, 5.74) is 14.3. The van der Waals surface area contributed by atoms with Gasteiger partial charge in [-0.15, -0.1) is 0 Å². The van der Waals surface area contributed by atoms with E-state index in [9.17, 15) is 0 Å². The minimum Gasteiger partial charge on any atom is -0.378 e. The molecule has 196 valence electrons. The van der Waals surface area contributed by atoms with E-state index in [0.29, 0.717) is 0 Å². The Morgan fingerprint density at radius 2 is 1.52 bits per heavy atom. The number of rotatable bonds is 2. The van der Waals surface area contributed by atoms with Gasteiger partial charge in [-0.3, -0.25) is 4.57 Å². The first kappa shape index (κ1) is 22.9. The minimum absolute atomic E-state index is 0.0207. The molecule has 4 heteroatoms. The third kappa shape index (κ3) is 2.46. The van der Waals surface area contributed by atoms with Gasteiger partial charge in [0.15, 0.2) is 0 Å². The highest BCUT2D eigenvalue weighted by Gasteiger charge is 2.62. The second kappa shape index (κ2) is 7.43. The normalized spacial score (nSPS) is 23.2. The van der Waals surface area contributed by atoms with Crippen molar-refractivity contribution in [2.24, 2.45) is 0 Å². The molecule has 5 aromatic rings. The summed E-state index contributed by atoms with van der Waals surface area (Å²) in [6, 6.07) is 32.3. The Balaban J connectivity index is 1.49. The highest BCUT2D eigenvalue weighted by molar-refractivity contribution is 7.02. The van der Waals surface area contributed by atoms with Gasteiger partial charge in [0.05, 0.1) is 11.1 Å². The zero-order valence-corrected chi connectivity index (χ0v) is 23.8. The van der Waals surface area contributed by atoms with E-state index in [-0.39, 0.29) is 17.7 Å². The molecule has 4 heterocycles. The number of anilines is 3. The molecule has 0 spiro atoms. The lowest BCUT2D eigenvalue weighted by Gasteiger charge is -2.51. The number of hydrogen-bond donors (Lipinski definition) is 0. The van der Waals surface area contributed by atoms with Crippen LogP contribution in [0.5, 0.6) is 0 Å². The highest BCUT2D eigenvalue weighted by atomic mass is 15.3. The van der Waals surface area contributed by atoms with Gasteiger partial charge >= 0.3 is 0 Å². The van der Waals surface area contributed by atoms with Crippen molar-refractivity contribution in [1.29, 1.82) is 0 Å². The molecule has 0 amide bonds. The molecule has 0 radical (unpaired) electrons. The average molecular weight is 520 g/mol. The van der Waals surface area contributed by atoms with Crippen molar-refractivity contribution in [3.63, 3.8) is 0 Å². The zero-order valence-electron chi connectivity index (χ0n) is 23.8. The van der Waals surface area contributed by atoms with Crippen LogP contribution in [0.1, 0.15) is 45.1 Å². The third-order valence-corrected chi connectivity index (χ3v) is 11.2. The number of hydrogen-bond acceptors (Lipinski definition) is 2. The Morgan fingerprint density at radius 3 is 2.35 bits per heavy atom. The Labute approximate surface area is 237 Å². The van der Waals surface area contributed by atoms with Crippen molar-refractivity contribution in [3.8, 4) is 16.8 Å². The number of aromatic nitrogens is 1. The maximum atomic E-state index is 2.85. The molecule has 1 aromatic heterocycles. The molecule has 0 saturated heterocycles. The average Bonchev–Trinajstić information content (AvgIpc) is 3.55. The van der Waals surface area contributed by atoms with Crippen LogP contribution in [0.3, 0.4) is 0 Å². The molecule has 3 nitrogen and oxygen atoms in total. The summed E-state index contributed by atoms with van der Waals surface area (Å²) in [5.74, 6) is 1.39. The molecular weight excluding hydrogens is 485 g/mol. The van der Waals surface area contributed by atoms with Gasteiger partial charge in [-0.1, -0.05) is 79.8 Å². The van der Waals surface area contributed by atoms with E-state index in [4.69, 9.17) is 0 Å². The summed E-state index contributed by atoms with van der Waals surface area (Å²) in [4.78, 5) is 5.09. The zero-order chi connectivity index (χ0) is 27.0. The van der Waals surface area contributed by atoms with Crippen molar-refractivity contribution >= 4 is 51.2 Å². The van der Waals surface area contributed by atoms with E-state index >= 15 is 0 Å². The smallest absolute Gasteiger partial charge is 0.251 e. The standard InChI is InChI=1S/C36H34BN3/c1-35-20-10-11-21-36(35,2)40-33-28(35)19-18-26-25-17-16-24(38(3)4)22-29(25)37(31(26)33)32-27-14-8-9-15-30(27)39(34(32)40)23-12-6-5-7-13-23/h5-9,12-19,22H,10-11,20-21H2,1-4H3. The highest BCUT2D eigenvalue weighted by Crippen LogP contribution is 2.62. The SMILES string of the molecule is CN(C)c1ccc2c(c1)B1c3c-2ccc2c3N(c3c1c1ccccc1n3-c1ccccc1)C1(C)CCCCC21C. The summed E-state index contributed by atoms with van der Waals surface area (Å²) in [5, 5.41) is 1.38. The lowest BCUT2D eigenvalue weighted by molar-refractivity contribution is 0.194. The van der Waals surface area contributed by atoms with Crippen molar-refractivity contribution < 1.29 is 0 Å². The van der Waals surface area contributed by atoms with Crippen LogP contribution in [0, 0.1) is 0 Å². The molecule has 1 saturated carbocycles. The Bertz CT molecular complexity index is 1890. The van der Waals surface area contributed by atoms with Gasteiger partial charge in [0.1, 0.15) is 5.82 Å². The van der Waals surface area contributed by atoms with E-state index in [0.717, 1.165) is 0 Å². The van der Waals surface area contributed by atoms with Crippen molar-refractivity contribution in [1.82, 2.24) is 4.57 Å². The van der Waals surface area contributed by atoms with E-state index in [1.54, 1.807) is 11.0 Å². The minimum atomic E-state index is 0.0207. The third-order valence-electron chi connectivity index (χ3n) is 11.2. The van der Waals surface area contributed by atoms with E-state index in [1.807, 2.05) is 0 Å². The fourth-order valence-electron chi connectivity index (χ4n) is 9.05. The Kier molecular flexibility index (Phi) is 4.24. The van der Waals surface area contributed by atoms with Crippen LogP contribution in [-0.4, -0.2) is 30.9 Å². The van der Waals surface area contributed by atoms with Gasteiger partial charge in [-0.25, -0.2) is 0 Å². The lowest BCUT2D eigenvalue weighted by atomic mass is 9.37. The maximum Gasteiger partial charge on any atom is 0.251 e. The van der Waals surface area contributed by atoms with Gasteiger partial charge in [-0.05, 0) is 83.1 Å². The van der Waals surface area contributed by atoms with E-state index in [2.05, 4.69) is 127 Å².